The highest BCUT2D eigenvalue weighted by Crippen LogP contribution is 2.26. The first-order chi connectivity index (χ1) is 8.60. The maximum absolute atomic E-state index is 13.0. The van der Waals surface area contributed by atoms with Gasteiger partial charge in [0.25, 0.3) is 0 Å². The number of benzene rings is 1. The van der Waals surface area contributed by atoms with E-state index >= 15 is 0 Å². The van der Waals surface area contributed by atoms with Crippen LogP contribution in [-0.2, 0) is 6.54 Å². The zero-order valence-electron chi connectivity index (χ0n) is 9.78. The lowest BCUT2D eigenvalue weighted by Crippen LogP contribution is -2.02. The number of hydrogen-bond donors (Lipinski definition) is 1. The average molecular weight is 267 g/mol. The van der Waals surface area contributed by atoms with E-state index in [2.05, 4.69) is 4.98 Å². The molecule has 1 aromatic carbocycles. The first-order valence-corrected chi connectivity index (χ1v) is 5.76. The summed E-state index contributed by atoms with van der Waals surface area (Å²) in [5, 5.41) is 0.661. The summed E-state index contributed by atoms with van der Waals surface area (Å²) in [6.07, 6.45) is 1.09. The van der Waals surface area contributed by atoms with Crippen LogP contribution >= 0.6 is 11.6 Å². The van der Waals surface area contributed by atoms with Gasteiger partial charge in [0.2, 0.25) is 5.88 Å². The first kappa shape index (κ1) is 12.8. The zero-order chi connectivity index (χ0) is 13.1. The molecule has 2 aromatic rings. The van der Waals surface area contributed by atoms with E-state index < -0.39 is 5.82 Å². The van der Waals surface area contributed by atoms with Gasteiger partial charge in [-0.2, -0.15) is 0 Å². The number of rotatable bonds is 3. The summed E-state index contributed by atoms with van der Waals surface area (Å²) in [6.45, 7) is 2.03. The van der Waals surface area contributed by atoms with E-state index in [1.165, 1.54) is 6.07 Å². The maximum Gasteiger partial charge on any atom is 0.223 e. The van der Waals surface area contributed by atoms with E-state index in [-0.39, 0.29) is 6.54 Å². The molecule has 2 rings (SSSR count). The lowest BCUT2D eigenvalue weighted by molar-refractivity contribution is 0.452. The van der Waals surface area contributed by atoms with Gasteiger partial charge in [0.05, 0.1) is 6.20 Å². The standard InChI is InChI=1S/C13H12ClFN2O/c1-8-4-11(2-3-12(8)14)18-13-9(6-16)5-10(15)7-17-13/h2-5,7H,6,16H2,1H3. The zero-order valence-corrected chi connectivity index (χ0v) is 10.5. The van der Waals surface area contributed by atoms with Crippen LogP contribution in [0.1, 0.15) is 11.1 Å². The van der Waals surface area contributed by atoms with Gasteiger partial charge in [-0.25, -0.2) is 9.37 Å². The molecule has 0 aliphatic rings. The van der Waals surface area contributed by atoms with Gasteiger partial charge in [-0.1, -0.05) is 11.6 Å². The van der Waals surface area contributed by atoms with E-state index in [1.807, 2.05) is 6.92 Å². The lowest BCUT2D eigenvalue weighted by Gasteiger charge is -2.09. The van der Waals surface area contributed by atoms with Crippen LogP contribution in [0, 0.1) is 12.7 Å². The second kappa shape index (κ2) is 5.33. The van der Waals surface area contributed by atoms with Crippen LogP contribution in [0.15, 0.2) is 30.5 Å². The van der Waals surface area contributed by atoms with Gasteiger partial charge in [-0.3, -0.25) is 0 Å². The Balaban J connectivity index is 2.30. The van der Waals surface area contributed by atoms with Crippen LogP contribution in [0.25, 0.3) is 0 Å². The highest BCUT2D eigenvalue weighted by Gasteiger charge is 2.08. The van der Waals surface area contributed by atoms with Gasteiger partial charge in [0, 0.05) is 17.1 Å². The van der Waals surface area contributed by atoms with Gasteiger partial charge in [-0.15, -0.1) is 0 Å². The number of pyridine rings is 1. The summed E-state index contributed by atoms with van der Waals surface area (Å²) in [5.41, 5.74) is 6.93. The largest absolute Gasteiger partial charge is 0.439 e. The molecule has 0 spiro atoms. The number of aryl methyl sites for hydroxylation is 1. The van der Waals surface area contributed by atoms with E-state index in [9.17, 15) is 4.39 Å². The molecule has 1 aromatic heterocycles. The molecule has 0 fully saturated rings. The predicted octanol–water partition coefficient (Wildman–Crippen LogP) is 3.43. The summed E-state index contributed by atoms with van der Waals surface area (Å²) in [6, 6.07) is 6.55. The van der Waals surface area contributed by atoms with Crippen molar-refractivity contribution in [2.75, 3.05) is 0 Å². The molecule has 0 saturated carbocycles. The van der Waals surface area contributed by atoms with Crippen molar-refractivity contribution in [3.63, 3.8) is 0 Å². The predicted molar refractivity (Wildman–Crippen MR) is 68.3 cm³/mol. The van der Waals surface area contributed by atoms with Crippen molar-refractivity contribution in [1.29, 1.82) is 0 Å². The minimum atomic E-state index is -0.435. The Hall–Kier alpha value is -1.65. The molecule has 18 heavy (non-hydrogen) atoms. The molecule has 5 heteroatoms. The summed E-state index contributed by atoms with van der Waals surface area (Å²) >= 11 is 5.92. The minimum Gasteiger partial charge on any atom is -0.439 e. The Bertz CT molecular complexity index is 575. The van der Waals surface area contributed by atoms with Crippen LogP contribution in [0.2, 0.25) is 5.02 Å². The lowest BCUT2D eigenvalue weighted by atomic mass is 10.2. The second-order valence-electron chi connectivity index (χ2n) is 3.83. The Morgan fingerprint density at radius 2 is 2.17 bits per heavy atom. The van der Waals surface area contributed by atoms with Crippen molar-refractivity contribution in [3.8, 4) is 11.6 Å². The summed E-state index contributed by atoms with van der Waals surface area (Å²) in [4.78, 5) is 3.89. The molecule has 0 saturated heterocycles. The van der Waals surface area contributed by atoms with Crippen molar-refractivity contribution in [1.82, 2.24) is 4.98 Å². The highest BCUT2D eigenvalue weighted by atomic mass is 35.5. The smallest absolute Gasteiger partial charge is 0.223 e. The van der Waals surface area contributed by atoms with Crippen LogP contribution in [0.4, 0.5) is 4.39 Å². The normalized spacial score (nSPS) is 10.4. The number of halogens is 2. The van der Waals surface area contributed by atoms with Crippen molar-refractivity contribution < 1.29 is 9.13 Å². The molecule has 0 aliphatic carbocycles. The van der Waals surface area contributed by atoms with Crippen molar-refractivity contribution >= 4 is 11.6 Å². The van der Waals surface area contributed by atoms with Crippen molar-refractivity contribution in [2.24, 2.45) is 5.73 Å². The van der Waals surface area contributed by atoms with E-state index in [4.69, 9.17) is 22.1 Å². The Kier molecular flexibility index (Phi) is 3.79. The number of nitrogens with two attached hydrogens (primary N) is 1. The Morgan fingerprint density at radius 1 is 1.39 bits per heavy atom. The van der Waals surface area contributed by atoms with Gasteiger partial charge in [-0.05, 0) is 36.8 Å². The van der Waals surface area contributed by atoms with Gasteiger partial charge < -0.3 is 10.5 Å². The number of hydrogen-bond acceptors (Lipinski definition) is 3. The molecule has 0 aliphatic heterocycles. The quantitative estimate of drug-likeness (QED) is 0.926. The van der Waals surface area contributed by atoms with E-state index in [1.54, 1.807) is 18.2 Å². The fourth-order valence-corrected chi connectivity index (χ4v) is 1.62. The molecular weight excluding hydrogens is 255 g/mol. The van der Waals surface area contributed by atoms with Crippen molar-refractivity contribution in [3.05, 3.63) is 52.4 Å². The third kappa shape index (κ3) is 2.78. The summed E-state index contributed by atoms with van der Waals surface area (Å²) in [5.74, 6) is 0.460. The topological polar surface area (TPSA) is 48.1 Å². The monoisotopic (exact) mass is 266 g/mol. The molecule has 0 amide bonds. The second-order valence-corrected chi connectivity index (χ2v) is 4.24. The third-order valence-electron chi connectivity index (χ3n) is 2.46. The summed E-state index contributed by atoms with van der Waals surface area (Å²) < 4.78 is 18.6. The SMILES string of the molecule is Cc1cc(Oc2ncc(F)cc2CN)ccc1Cl. The molecule has 3 nitrogen and oxygen atoms in total. The highest BCUT2D eigenvalue weighted by molar-refractivity contribution is 6.31. The Morgan fingerprint density at radius 3 is 2.83 bits per heavy atom. The first-order valence-electron chi connectivity index (χ1n) is 5.38. The molecule has 94 valence electrons. The maximum atomic E-state index is 13.0. The molecule has 0 atom stereocenters. The van der Waals surface area contributed by atoms with Gasteiger partial charge in [0.15, 0.2) is 0 Å². The average Bonchev–Trinajstić information content (AvgIpc) is 2.36. The van der Waals surface area contributed by atoms with Gasteiger partial charge in [0.1, 0.15) is 11.6 Å². The minimum absolute atomic E-state index is 0.159. The number of aromatic nitrogens is 1. The van der Waals surface area contributed by atoms with Crippen LogP contribution in [-0.4, -0.2) is 4.98 Å². The van der Waals surface area contributed by atoms with Crippen LogP contribution < -0.4 is 10.5 Å². The molecule has 2 N–H and O–H groups in total. The molecule has 0 unspecified atom stereocenters. The molecular formula is C13H12ClFN2O. The molecule has 0 bridgehead atoms. The number of ether oxygens (including phenoxy) is 1. The third-order valence-corrected chi connectivity index (χ3v) is 2.88. The van der Waals surface area contributed by atoms with E-state index in [0.717, 1.165) is 11.8 Å². The molecule has 1 heterocycles. The van der Waals surface area contributed by atoms with E-state index in [0.29, 0.717) is 22.2 Å². The fourth-order valence-electron chi connectivity index (χ4n) is 1.50. The number of nitrogens with zero attached hydrogens (tertiary/aromatic N) is 1. The molecule has 0 radical (unpaired) electrons. The Labute approximate surface area is 109 Å². The van der Waals surface area contributed by atoms with Gasteiger partial charge >= 0.3 is 0 Å². The van der Waals surface area contributed by atoms with Crippen molar-refractivity contribution in [2.45, 2.75) is 13.5 Å². The van der Waals surface area contributed by atoms with Crippen LogP contribution in [0.5, 0.6) is 11.6 Å². The fraction of sp³-hybridized carbons (Fsp3) is 0.154. The summed E-state index contributed by atoms with van der Waals surface area (Å²) in [7, 11) is 0. The van der Waals surface area contributed by atoms with Crippen LogP contribution in [0.3, 0.4) is 0 Å².